The first-order valence-corrected chi connectivity index (χ1v) is 5.58. The van der Waals surface area contributed by atoms with Crippen LogP contribution < -0.4 is 21.7 Å². The Kier molecular flexibility index (Phi) is 8.29. The maximum Gasteiger partial charge on any atom is 0.236 e. The summed E-state index contributed by atoms with van der Waals surface area (Å²) in [7, 11) is 3.21. The molecule has 17 heavy (non-hydrogen) atoms. The van der Waals surface area contributed by atoms with Gasteiger partial charge in [0.25, 0.3) is 0 Å². The molecule has 100 valence electrons. The fourth-order valence-corrected chi connectivity index (χ4v) is 1.26. The highest BCUT2D eigenvalue weighted by Gasteiger charge is 2.16. The summed E-state index contributed by atoms with van der Waals surface area (Å²) < 4.78 is 0. The molecule has 0 aromatic rings. The topological polar surface area (TPSA) is 116 Å². The highest BCUT2D eigenvalue weighted by atomic mass is 16.3. The molecule has 0 saturated heterocycles. The molecule has 7 heteroatoms. The number of nitrogens with two attached hydrogens (primary N) is 1. The number of amides is 2. The maximum absolute atomic E-state index is 11.4. The molecule has 0 rings (SSSR count). The first-order valence-electron chi connectivity index (χ1n) is 5.58. The molecule has 0 saturated carbocycles. The van der Waals surface area contributed by atoms with Gasteiger partial charge in [0.1, 0.15) is 0 Å². The van der Waals surface area contributed by atoms with Crippen LogP contribution in [0.4, 0.5) is 0 Å². The minimum atomic E-state index is -0.724. The van der Waals surface area contributed by atoms with Crippen molar-refractivity contribution in [1.29, 1.82) is 0 Å². The van der Waals surface area contributed by atoms with Crippen LogP contribution in [0.3, 0.4) is 0 Å². The van der Waals surface area contributed by atoms with Crippen molar-refractivity contribution in [2.45, 2.75) is 25.0 Å². The number of carbonyl (C=O) groups excluding carboxylic acids is 2. The lowest BCUT2D eigenvalue weighted by atomic mass is 10.1. The number of rotatable bonds is 8. The quantitative estimate of drug-likeness (QED) is 0.325. The third kappa shape index (κ3) is 6.88. The Labute approximate surface area is 101 Å². The number of hydrogen-bond acceptors (Lipinski definition) is 5. The molecule has 2 atom stereocenters. The molecule has 0 aliphatic carbocycles. The second-order valence-corrected chi connectivity index (χ2v) is 3.69. The molecule has 6 N–H and O–H groups in total. The van der Waals surface area contributed by atoms with E-state index in [-0.39, 0.29) is 37.4 Å². The Morgan fingerprint density at radius 1 is 1.35 bits per heavy atom. The van der Waals surface area contributed by atoms with Gasteiger partial charge in [0.2, 0.25) is 11.8 Å². The van der Waals surface area contributed by atoms with E-state index in [1.54, 1.807) is 14.1 Å². The molecule has 0 aliphatic rings. The molecule has 0 fully saturated rings. The number of nitrogens with one attached hydrogen (secondary N) is 3. The molecule has 0 radical (unpaired) electrons. The van der Waals surface area contributed by atoms with Crippen LogP contribution in [0.25, 0.3) is 0 Å². The van der Waals surface area contributed by atoms with Crippen molar-refractivity contribution >= 4 is 11.8 Å². The summed E-state index contributed by atoms with van der Waals surface area (Å²) in [6.45, 7) is 0.247. The van der Waals surface area contributed by atoms with Gasteiger partial charge in [-0.15, -0.1) is 0 Å². The normalized spacial score (nSPS) is 13.9. The number of carbonyl (C=O) groups is 2. The zero-order valence-electron chi connectivity index (χ0n) is 10.3. The molecular weight excluding hydrogens is 224 g/mol. The van der Waals surface area contributed by atoms with Crippen molar-refractivity contribution in [3.8, 4) is 0 Å². The summed E-state index contributed by atoms with van der Waals surface area (Å²) in [5.74, 6) is -0.357. The summed E-state index contributed by atoms with van der Waals surface area (Å²) in [4.78, 5) is 22.7. The van der Waals surface area contributed by atoms with E-state index in [0.717, 1.165) is 0 Å². The summed E-state index contributed by atoms with van der Waals surface area (Å²) in [6.07, 6.45) is -0.102. The second kappa shape index (κ2) is 8.91. The molecule has 0 aromatic carbocycles. The number of aliphatic hydroxyl groups excluding tert-OH is 1. The summed E-state index contributed by atoms with van der Waals surface area (Å²) in [5.41, 5.74) is 5.20. The van der Waals surface area contributed by atoms with Crippen molar-refractivity contribution in [3.63, 3.8) is 0 Å². The average Bonchev–Trinajstić information content (AvgIpc) is 2.35. The van der Waals surface area contributed by atoms with Gasteiger partial charge >= 0.3 is 0 Å². The van der Waals surface area contributed by atoms with Gasteiger partial charge in [0, 0.05) is 26.6 Å². The van der Waals surface area contributed by atoms with E-state index in [0.29, 0.717) is 6.42 Å². The first-order chi connectivity index (χ1) is 8.04. The van der Waals surface area contributed by atoms with Crippen LogP contribution in [0, 0.1) is 0 Å². The number of hydrogen-bond donors (Lipinski definition) is 5. The van der Waals surface area contributed by atoms with Gasteiger partial charge in [-0.25, -0.2) is 0 Å². The first kappa shape index (κ1) is 15.8. The summed E-state index contributed by atoms with van der Waals surface area (Å²) >= 11 is 0. The summed E-state index contributed by atoms with van der Waals surface area (Å²) in [5, 5.41) is 17.0. The third-order valence-electron chi connectivity index (χ3n) is 2.38. The van der Waals surface area contributed by atoms with Gasteiger partial charge in [-0.1, -0.05) is 0 Å². The van der Waals surface area contributed by atoms with Crippen molar-refractivity contribution in [1.82, 2.24) is 16.0 Å². The Balaban J connectivity index is 3.85. The molecule has 2 unspecified atom stereocenters. The smallest absolute Gasteiger partial charge is 0.236 e. The van der Waals surface area contributed by atoms with Crippen LogP contribution in [-0.4, -0.2) is 56.3 Å². The standard InChI is InChI=1S/C10H22N4O3/c1-12-8(10(17)13-2)3-4-9(16)14-6-7(15)5-11/h7-8,12,15H,3-6,11H2,1-2H3,(H,13,17)(H,14,16). The van der Waals surface area contributed by atoms with Crippen LogP contribution in [0.2, 0.25) is 0 Å². The van der Waals surface area contributed by atoms with Crippen LogP contribution in [0.1, 0.15) is 12.8 Å². The monoisotopic (exact) mass is 246 g/mol. The lowest BCUT2D eigenvalue weighted by Gasteiger charge is -2.14. The SMILES string of the molecule is CNC(=O)C(CCC(=O)NCC(O)CN)NC. The zero-order chi connectivity index (χ0) is 13.3. The number of aliphatic hydroxyl groups is 1. The molecule has 7 nitrogen and oxygen atoms in total. The van der Waals surface area contributed by atoms with Gasteiger partial charge in [0.15, 0.2) is 0 Å². The number of likely N-dealkylation sites (N-methyl/N-ethyl adjacent to an activating group) is 2. The van der Waals surface area contributed by atoms with E-state index in [2.05, 4.69) is 16.0 Å². The maximum atomic E-state index is 11.4. The van der Waals surface area contributed by atoms with Crippen molar-refractivity contribution in [2.24, 2.45) is 5.73 Å². The lowest BCUT2D eigenvalue weighted by Crippen LogP contribution is -2.42. The molecule has 0 heterocycles. The van der Waals surface area contributed by atoms with Gasteiger partial charge in [-0.3, -0.25) is 9.59 Å². The van der Waals surface area contributed by atoms with Crippen LogP contribution in [0.5, 0.6) is 0 Å². The van der Waals surface area contributed by atoms with E-state index in [9.17, 15) is 9.59 Å². The molecule has 0 aliphatic heterocycles. The van der Waals surface area contributed by atoms with E-state index in [4.69, 9.17) is 10.8 Å². The Morgan fingerprint density at radius 2 is 2.00 bits per heavy atom. The van der Waals surface area contributed by atoms with Crippen molar-refractivity contribution in [2.75, 3.05) is 27.2 Å². The van der Waals surface area contributed by atoms with E-state index < -0.39 is 6.10 Å². The van der Waals surface area contributed by atoms with Crippen molar-refractivity contribution in [3.05, 3.63) is 0 Å². The third-order valence-corrected chi connectivity index (χ3v) is 2.38. The Hall–Kier alpha value is -1.18. The molecule has 0 bridgehead atoms. The predicted molar refractivity (Wildman–Crippen MR) is 64.2 cm³/mol. The van der Waals surface area contributed by atoms with Gasteiger partial charge in [-0.05, 0) is 13.5 Å². The van der Waals surface area contributed by atoms with E-state index >= 15 is 0 Å². The van der Waals surface area contributed by atoms with E-state index in [1.165, 1.54) is 0 Å². The molecule has 2 amide bonds. The Bertz CT molecular complexity index is 248. The van der Waals surface area contributed by atoms with Crippen molar-refractivity contribution < 1.29 is 14.7 Å². The molecular formula is C10H22N4O3. The minimum absolute atomic E-state index is 0.109. The van der Waals surface area contributed by atoms with Gasteiger partial charge < -0.3 is 26.8 Å². The fraction of sp³-hybridized carbons (Fsp3) is 0.800. The predicted octanol–water partition coefficient (Wildman–Crippen LogP) is -2.46. The second-order valence-electron chi connectivity index (χ2n) is 3.69. The highest BCUT2D eigenvalue weighted by Crippen LogP contribution is 1.97. The highest BCUT2D eigenvalue weighted by molar-refractivity contribution is 5.82. The minimum Gasteiger partial charge on any atom is -0.390 e. The fourth-order valence-electron chi connectivity index (χ4n) is 1.26. The van der Waals surface area contributed by atoms with Gasteiger partial charge in [-0.2, -0.15) is 0 Å². The zero-order valence-corrected chi connectivity index (χ0v) is 10.3. The van der Waals surface area contributed by atoms with Crippen LogP contribution in [0.15, 0.2) is 0 Å². The largest absolute Gasteiger partial charge is 0.390 e. The average molecular weight is 246 g/mol. The van der Waals surface area contributed by atoms with Crippen LogP contribution >= 0.6 is 0 Å². The van der Waals surface area contributed by atoms with E-state index in [1.807, 2.05) is 0 Å². The Morgan fingerprint density at radius 3 is 2.47 bits per heavy atom. The molecule has 0 spiro atoms. The summed E-state index contributed by atoms with van der Waals surface area (Å²) in [6, 6.07) is -0.384. The lowest BCUT2D eigenvalue weighted by molar-refractivity contribution is -0.123. The van der Waals surface area contributed by atoms with Crippen LogP contribution in [-0.2, 0) is 9.59 Å². The van der Waals surface area contributed by atoms with Gasteiger partial charge in [0.05, 0.1) is 12.1 Å². The molecule has 0 aromatic heterocycles.